The number of carbonyl (C=O) groups is 1. The number of sulfonamides is 1. The van der Waals surface area contributed by atoms with E-state index in [1.165, 1.54) is 22.5 Å². The molecule has 0 atom stereocenters. The van der Waals surface area contributed by atoms with Gasteiger partial charge in [-0.3, -0.25) is 4.79 Å². The highest BCUT2D eigenvalue weighted by molar-refractivity contribution is 7.88. The fourth-order valence-corrected chi connectivity index (χ4v) is 3.17. The molecular formula is C18H21FN2O3S. The highest BCUT2D eigenvalue weighted by Crippen LogP contribution is 2.12. The lowest BCUT2D eigenvalue weighted by Crippen LogP contribution is -2.38. The maximum Gasteiger partial charge on any atom is 0.254 e. The summed E-state index contributed by atoms with van der Waals surface area (Å²) in [4.78, 5) is 12.0. The molecular weight excluding hydrogens is 343 g/mol. The first-order valence-electron chi connectivity index (χ1n) is 7.81. The zero-order chi connectivity index (χ0) is 18.4. The van der Waals surface area contributed by atoms with Crippen molar-refractivity contribution in [3.8, 4) is 0 Å². The molecule has 0 heterocycles. The predicted molar refractivity (Wildman–Crippen MR) is 95.2 cm³/mol. The Hall–Kier alpha value is -2.25. The minimum atomic E-state index is -3.44. The summed E-state index contributed by atoms with van der Waals surface area (Å²) in [6, 6.07) is 13.2. The molecule has 25 heavy (non-hydrogen) atoms. The van der Waals surface area contributed by atoms with E-state index in [-0.39, 0.29) is 25.2 Å². The highest BCUT2D eigenvalue weighted by atomic mass is 32.2. The summed E-state index contributed by atoms with van der Waals surface area (Å²) in [5.41, 5.74) is 1.83. The second-order valence-electron chi connectivity index (χ2n) is 5.76. The zero-order valence-corrected chi connectivity index (χ0v) is 15.0. The zero-order valence-electron chi connectivity index (χ0n) is 14.2. The van der Waals surface area contributed by atoms with E-state index in [1.807, 2.05) is 31.2 Å². The van der Waals surface area contributed by atoms with Gasteiger partial charge in [-0.05, 0) is 30.2 Å². The van der Waals surface area contributed by atoms with Crippen LogP contribution in [0.3, 0.4) is 0 Å². The van der Waals surface area contributed by atoms with E-state index in [2.05, 4.69) is 5.32 Å². The van der Waals surface area contributed by atoms with Gasteiger partial charge < -0.3 is 5.32 Å². The molecule has 1 N–H and O–H groups in total. The number of aryl methyl sites for hydroxylation is 1. The van der Waals surface area contributed by atoms with Crippen LogP contribution in [0.2, 0.25) is 0 Å². The van der Waals surface area contributed by atoms with Crippen molar-refractivity contribution in [1.29, 1.82) is 0 Å². The van der Waals surface area contributed by atoms with Crippen LogP contribution in [-0.4, -0.2) is 38.0 Å². The van der Waals surface area contributed by atoms with Crippen LogP contribution >= 0.6 is 0 Å². The number of carbonyl (C=O) groups excluding carboxylic acids is 1. The molecule has 2 aromatic rings. The lowest BCUT2D eigenvalue weighted by atomic mass is 10.1. The van der Waals surface area contributed by atoms with Gasteiger partial charge in [-0.2, -0.15) is 4.31 Å². The van der Waals surface area contributed by atoms with Crippen molar-refractivity contribution < 1.29 is 17.6 Å². The van der Waals surface area contributed by atoms with Crippen LogP contribution in [0.5, 0.6) is 0 Å². The topological polar surface area (TPSA) is 66.5 Å². The fourth-order valence-electron chi connectivity index (χ4n) is 2.37. The molecule has 0 saturated carbocycles. The first kappa shape index (κ1) is 19.1. The van der Waals surface area contributed by atoms with Crippen molar-refractivity contribution in [3.05, 3.63) is 71.0 Å². The molecule has 0 fully saturated rings. The number of hydrogen-bond acceptors (Lipinski definition) is 3. The van der Waals surface area contributed by atoms with Crippen LogP contribution in [0.4, 0.5) is 4.39 Å². The number of halogens is 1. The van der Waals surface area contributed by atoms with E-state index in [0.29, 0.717) is 0 Å². The van der Waals surface area contributed by atoms with Crippen LogP contribution in [0.15, 0.2) is 48.5 Å². The average Bonchev–Trinajstić information content (AvgIpc) is 2.55. The van der Waals surface area contributed by atoms with Crippen molar-refractivity contribution >= 4 is 15.9 Å². The van der Waals surface area contributed by atoms with Gasteiger partial charge in [0.2, 0.25) is 10.0 Å². The fraction of sp³-hybridized carbons (Fsp3) is 0.278. The average molecular weight is 364 g/mol. The highest BCUT2D eigenvalue weighted by Gasteiger charge is 2.18. The van der Waals surface area contributed by atoms with E-state index in [4.69, 9.17) is 0 Å². The van der Waals surface area contributed by atoms with E-state index < -0.39 is 21.7 Å². The van der Waals surface area contributed by atoms with Gasteiger partial charge in [-0.1, -0.05) is 36.4 Å². The summed E-state index contributed by atoms with van der Waals surface area (Å²) in [5.74, 6) is -1.18. The van der Waals surface area contributed by atoms with Gasteiger partial charge in [0.1, 0.15) is 5.82 Å². The Morgan fingerprint density at radius 3 is 2.40 bits per heavy atom. The van der Waals surface area contributed by atoms with Crippen LogP contribution in [0, 0.1) is 12.7 Å². The van der Waals surface area contributed by atoms with Crippen molar-refractivity contribution in [2.45, 2.75) is 13.5 Å². The number of amides is 1. The summed E-state index contributed by atoms with van der Waals surface area (Å²) in [7, 11) is -3.44. The molecule has 134 valence electrons. The number of hydrogen-bond donors (Lipinski definition) is 1. The quantitative estimate of drug-likeness (QED) is 0.820. The molecule has 2 rings (SSSR count). The number of rotatable bonds is 7. The monoisotopic (exact) mass is 364 g/mol. The van der Waals surface area contributed by atoms with Gasteiger partial charge >= 0.3 is 0 Å². The van der Waals surface area contributed by atoms with Crippen LogP contribution < -0.4 is 5.32 Å². The minimum absolute atomic E-state index is 0.0627. The molecule has 5 nitrogen and oxygen atoms in total. The Balaban J connectivity index is 2.01. The van der Waals surface area contributed by atoms with Crippen LogP contribution in [-0.2, 0) is 16.6 Å². The maximum atomic E-state index is 13.6. The second kappa shape index (κ2) is 8.22. The normalized spacial score (nSPS) is 11.5. The Kier molecular flexibility index (Phi) is 6.27. The van der Waals surface area contributed by atoms with E-state index in [1.54, 1.807) is 6.07 Å². The van der Waals surface area contributed by atoms with E-state index in [0.717, 1.165) is 17.4 Å². The summed E-state index contributed by atoms with van der Waals surface area (Å²) in [6.07, 6.45) is 1.13. The molecule has 0 aromatic heterocycles. The predicted octanol–water partition coefficient (Wildman–Crippen LogP) is 2.33. The standard InChI is InChI=1S/C18H21FN2O3S/c1-14-7-3-4-8-15(14)13-21(25(2,23)24)12-11-20-18(22)16-9-5-6-10-17(16)19/h3-10H,11-13H2,1-2H3,(H,20,22). The molecule has 0 unspecified atom stereocenters. The summed E-state index contributed by atoms with van der Waals surface area (Å²) < 4.78 is 38.9. The summed E-state index contributed by atoms with van der Waals surface area (Å²) in [5, 5.41) is 2.56. The summed E-state index contributed by atoms with van der Waals surface area (Å²) >= 11 is 0. The largest absolute Gasteiger partial charge is 0.351 e. The lowest BCUT2D eigenvalue weighted by Gasteiger charge is -2.21. The smallest absolute Gasteiger partial charge is 0.254 e. The first-order chi connectivity index (χ1) is 11.8. The van der Waals surface area contributed by atoms with Crippen LogP contribution in [0.1, 0.15) is 21.5 Å². The van der Waals surface area contributed by atoms with Gasteiger partial charge in [0.05, 0.1) is 11.8 Å². The number of nitrogens with zero attached hydrogens (tertiary/aromatic N) is 1. The summed E-state index contributed by atoms with van der Waals surface area (Å²) in [6.45, 7) is 2.33. The van der Waals surface area contributed by atoms with Crippen molar-refractivity contribution in [2.75, 3.05) is 19.3 Å². The third kappa shape index (κ3) is 5.37. The number of benzene rings is 2. The SMILES string of the molecule is Cc1ccccc1CN(CCNC(=O)c1ccccc1F)S(C)(=O)=O. The van der Waals surface area contributed by atoms with Crippen LogP contribution in [0.25, 0.3) is 0 Å². The second-order valence-corrected chi connectivity index (χ2v) is 7.74. The minimum Gasteiger partial charge on any atom is -0.351 e. The molecule has 0 aliphatic heterocycles. The third-order valence-electron chi connectivity index (χ3n) is 3.84. The van der Waals surface area contributed by atoms with Gasteiger partial charge in [0.25, 0.3) is 5.91 Å². The van der Waals surface area contributed by atoms with Crippen molar-refractivity contribution in [2.24, 2.45) is 0 Å². The van der Waals surface area contributed by atoms with Gasteiger partial charge in [-0.15, -0.1) is 0 Å². The molecule has 7 heteroatoms. The Morgan fingerprint density at radius 1 is 1.12 bits per heavy atom. The molecule has 0 saturated heterocycles. The molecule has 0 radical (unpaired) electrons. The van der Waals surface area contributed by atoms with E-state index in [9.17, 15) is 17.6 Å². The Labute approximate surface area is 147 Å². The number of nitrogens with one attached hydrogen (secondary N) is 1. The molecule has 0 aliphatic carbocycles. The molecule has 0 bridgehead atoms. The first-order valence-corrected chi connectivity index (χ1v) is 9.66. The van der Waals surface area contributed by atoms with Gasteiger partial charge in [-0.25, -0.2) is 12.8 Å². The lowest BCUT2D eigenvalue weighted by molar-refractivity contribution is 0.0947. The Bertz CT molecular complexity index is 853. The molecule has 0 aliphatic rings. The molecule has 1 amide bonds. The Morgan fingerprint density at radius 2 is 1.76 bits per heavy atom. The van der Waals surface area contributed by atoms with Gasteiger partial charge in [0, 0.05) is 19.6 Å². The third-order valence-corrected chi connectivity index (χ3v) is 5.09. The van der Waals surface area contributed by atoms with Gasteiger partial charge in [0.15, 0.2) is 0 Å². The molecule has 2 aromatic carbocycles. The van der Waals surface area contributed by atoms with Crippen molar-refractivity contribution in [1.82, 2.24) is 9.62 Å². The van der Waals surface area contributed by atoms with Crippen molar-refractivity contribution in [3.63, 3.8) is 0 Å². The maximum absolute atomic E-state index is 13.6. The molecule has 0 spiro atoms. The van der Waals surface area contributed by atoms with E-state index >= 15 is 0 Å².